The summed E-state index contributed by atoms with van der Waals surface area (Å²) in [5.74, 6) is -0.193. The van der Waals surface area contributed by atoms with Crippen LogP contribution in [0.1, 0.15) is 26.0 Å². The highest BCUT2D eigenvalue weighted by Gasteiger charge is 2.31. The number of fused-ring (bicyclic) bond motifs is 1. The van der Waals surface area contributed by atoms with E-state index in [1.54, 1.807) is 29.3 Å². The lowest BCUT2D eigenvalue weighted by Crippen LogP contribution is -2.45. The molecule has 0 unspecified atom stereocenters. The molecular weight excluding hydrogens is 442 g/mol. The van der Waals surface area contributed by atoms with Gasteiger partial charge in [-0.05, 0) is 31.2 Å². The van der Waals surface area contributed by atoms with Crippen LogP contribution in [0.15, 0.2) is 60.0 Å². The van der Waals surface area contributed by atoms with Gasteiger partial charge in [-0.1, -0.05) is 30.3 Å². The minimum atomic E-state index is -0.613. The maximum absolute atomic E-state index is 12.5. The van der Waals surface area contributed by atoms with Gasteiger partial charge in [0.25, 0.3) is 5.91 Å². The molecule has 0 spiro atoms. The van der Waals surface area contributed by atoms with Crippen LogP contribution in [0.2, 0.25) is 0 Å². The number of thiazole rings is 1. The first-order chi connectivity index (χ1) is 15.9. The number of amides is 2. The minimum Gasteiger partial charge on any atom is -0.479 e. The van der Waals surface area contributed by atoms with Gasteiger partial charge in [-0.15, -0.1) is 11.3 Å². The van der Waals surface area contributed by atoms with E-state index in [1.807, 2.05) is 42.5 Å². The Balaban J connectivity index is 1.35. The quantitative estimate of drug-likeness (QED) is 0.489. The van der Waals surface area contributed by atoms with Gasteiger partial charge in [0, 0.05) is 18.8 Å². The summed E-state index contributed by atoms with van der Waals surface area (Å²) in [5, 5.41) is 2.26. The zero-order chi connectivity index (χ0) is 23.4. The van der Waals surface area contributed by atoms with Crippen molar-refractivity contribution >= 4 is 45.6 Å². The summed E-state index contributed by atoms with van der Waals surface area (Å²) in [6.45, 7) is 3.33. The molecule has 0 aliphatic carbocycles. The molecule has 2 aromatic carbocycles. The lowest BCUT2D eigenvalue weighted by Gasteiger charge is -2.32. The molecule has 0 radical (unpaired) electrons. The Morgan fingerprint density at radius 2 is 1.88 bits per heavy atom. The summed E-state index contributed by atoms with van der Waals surface area (Å²) in [7, 11) is 0. The third kappa shape index (κ3) is 5.04. The van der Waals surface area contributed by atoms with Crippen LogP contribution in [0, 0.1) is 0 Å². The number of para-hydroxylation sites is 3. The lowest BCUT2D eigenvalue weighted by atomic mass is 10.2. The van der Waals surface area contributed by atoms with Crippen molar-refractivity contribution in [3.8, 4) is 5.75 Å². The maximum Gasteiger partial charge on any atom is 0.307 e. The number of aromatic nitrogens is 1. The Bertz CT molecular complexity index is 1160. The highest BCUT2D eigenvalue weighted by Crippen LogP contribution is 2.33. The van der Waals surface area contributed by atoms with Crippen molar-refractivity contribution in [3.63, 3.8) is 0 Å². The fourth-order valence-corrected chi connectivity index (χ4v) is 4.36. The summed E-state index contributed by atoms with van der Waals surface area (Å²) >= 11 is 1.30. The van der Waals surface area contributed by atoms with E-state index >= 15 is 0 Å². The Labute approximate surface area is 195 Å². The lowest BCUT2D eigenvalue weighted by molar-refractivity contribution is -0.144. The van der Waals surface area contributed by atoms with E-state index in [2.05, 4.69) is 4.98 Å². The van der Waals surface area contributed by atoms with E-state index in [4.69, 9.17) is 9.47 Å². The van der Waals surface area contributed by atoms with Crippen LogP contribution in [-0.4, -0.2) is 35.4 Å². The monoisotopic (exact) mass is 465 g/mol. The van der Waals surface area contributed by atoms with E-state index in [0.717, 1.165) is 0 Å². The molecule has 1 aliphatic heterocycles. The second kappa shape index (κ2) is 9.83. The average Bonchev–Trinajstić information content (AvgIpc) is 3.27. The van der Waals surface area contributed by atoms with Crippen LogP contribution >= 0.6 is 11.3 Å². The largest absolute Gasteiger partial charge is 0.479 e. The van der Waals surface area contributed by atoms with E-state index in [0.29, 0.717) is 27.9 Å². The molecule has 0 saturated carbocycles. The molecule has 1 atom stereocenters. The van der Waals surface area contributed by atoms with Gasteiger partial charge in [-0.2, -0.15) is 0 Å². The molecule has 3 aromatic rings. The number of benzene rings is 2. The summed E-state index contributed by atoms with van der Waals surface area (Å²) < 4.78 is 11.0. The van der Waals surface area contributed by atoms with Crippen LogP contribution in [0.3, 0.4) is 0 Å². The van der Waals surface area contributed by atoms with E-state index in [1.165, 1.54) is 23.2 Å². The fraction of sp³-hybridized carbons (Fsp3) is 0.250. The average molecular weight is 466 g/mol. The van der Waals surface area contributed by atoms with Crippen molar-refractivity contribution in [1.29, 1.82) is 0 Å². The third-order valence-corrected chi connectivity index (χ3v) is 5.93. The summed E-state index contributed by atoms with van der Waals surface area (Å²) in [5.41, 5.74) is 1.90. The third-order valence-electron chi connectivity index (χ3n) is 5.05. The van der Waals surface area contributed by atoms with Crippen molar-refractivity contribution < 1.29 is 23.9 Å². The minimum absolute atomic E-state index is 0.0140. The number of carbonyl (C=O) groups is 3. The highest BCUT2D eigenvalue weighted by molar-refractivity contribution is 7.14. The van der Waals surface area contributed by atoms with Crippen LogP contribution in [-0.2, 0) is 25.7 Å². The van der Waals surface area contributed by atoms with E-state index in [-0.39, 0.29) is 31.4 Å². The zero-order valence-corrected chi connectivity index (χ0v) is 19.1. The summed E-state index contributed by atoms with van der Waals surface area (Å²) in [6.07, 6.45) is -0.578. The number of hydrogen-bond acceptors (Lipinski definition) is 7. The smallest absolute Gasteiger partial charge is 0.307 e. The molecule has 1 aromatic heterocycles. The van der Waals surface area contributed by atoms with Crippen molar-refractivity contribution in [2.45, 2.75) is 33.0 Å². The van der Waals surface area contributed by atoms with E-state index < -0.39 is 12.1 Å². The second-order valence-corrected chi connectivity index (χ2v) is 8.28. The predicted octanol–water partition coefficient (Wildman–Crippen LogP) is 4.08. The molecule has 0 N–H and O–H groups in total. The molecule has 0 saturated heterocycles. The molecule has 8 nitrogen and oxygen atoms in total. The van der Waals surface area contributed by atoms with Gasteiger partial charge in [-0.25, -0.2) is 4.98 Å². The second-order valence-electron chi connectivity index (χ2n) is 7.44. The van der Waals surface area contributed by atoms with Gasteiger partial charge in [-0.3, -0.25) is 19.3 Å². The first kappa shape index (κ1) is 22.5. The Kier molecular flexibility index (Phi) is 6.69. The normalized spacial score (nSPS) is 14.9. The molecule has 4 rings (SSSR count). The number of anilines is 3. The van der Waals surface area contributed by atoms with Gasteiger partial charge in [0.15, 0.2) is 11.2 Å². The molecule has 1 aliphatic rings. The first-order valence-electron chi connectivity index (χ1n) is 10.5. The topological polar surface area (TPSA) is 89.0 Å². The van der Waals surface area contributed by atoms with Gasteiger partial charge in [0.1, 0.15) is 12.4 Å². The van der Waals surface area contributed by atoms with Gasteiger partial charge in [0.2, 0.25) is 5.91 Å². The van der Waals surface area contributed by atoms with Crippen LogP contribution < -0.4 is 14.5 Å². The number of rotatable bonds is 7. The molecule has 33 heavy (non-hydrogen) atoms. The molecule has 0 fully saturated rings. The number of nitrogens with zero attached hydrogens (tertiary/aromatic N) is 3. The van der Waals surface area contributed by atoms with Crippen molar-refractivity contribution in [3.05, 3.63) is 65.7 Å². The molecular formula is C24H23N3O5S. The molecule has 9 heteroatoms. The standard InChI is InChI=1S/C24H23N3O5S/c1-16-23(30)26(20-10-6-7-11-21(20)32-16)13-12-22(29)31-14-18-15-33-24(25-18)27(17(2)28)19-8-4-3-5-9-19/h3-11,15-16H,12-14H2,1-2H3/t16-/m0/s1. The van der Waals surface area contributed by atoms with E-state index in [9.17, 15) is 14.4 Å². The molecule has 0 bridgehead atoms. The summed E-state index contributed by atoms with van der Waals surface area (Å²) in [4.78, 5) is 44.5. The van der Waals surface area contributed by atoms with Crippen LogP contribution in [0.4, 0.5) is 16.5 Å². The predicted molar refractivity (Wildman–Crippen MR) is 125 cm³/mol. The molecule has 170 valence electrons. The number of hydrogen-bond donors (Lipinski definition) is 0. The number of esters is 1. The molecule has 2 amide bonds. The van der Waals surface area contributed by atoms with Gasteiger partial charge < -0.3 is 14.4 Å². The number of ether oxygens (including phenoxy) is 2. The Morgan fingerprint density at radius 3 is 2.64 bits per heavy atom. The van der Waals surface area contributed by atoms with Crippen molar-refractivity contribution in [1.82, 2.24) is 4.98 Å². The van der Waals surface area contributed by atoms with Crippen LogP contribution in [0.25, 0.3) is 0 Å². The van der Waals surface area contributed by atoms with Crippen molar-refractivity contribution in [2.75, 3.05) is 16.3 Å². The highest BCUT2D eigenvalue weighted by atomic mass is 32.1. The first-order valence-corrected chi connectivity index (χ1v) is 11.3. The Hall–Kier alpha value is -3.72. The van der Waals surface area contributed by atoms with Gasteiger partial charge in [0.05, 0.1) is 23.5 Å². The fourth-order valence-electron chi connectivity index (χ4n) is 3.49. The molecule has 2 heterocycles. The van der Waals surface area contributed by atoms with Gasteiger partial charge >= 0.3 is 5.97 Å². The summed E-state index contributed by atoms with van der Waals surface area (Å²) in [6, 6.07) is 16.5. The Morgan fingerprint density at radius 1 is 1.15 bits per heavy atom. The number of carbonyl (C=O) groups excluding carboxylic acids is 3. The van der Waals surface area contributed by atoms with Crippen molar-refractivity contribution in [2.24, 2.45) is 0 Å². The maximum atomic E-state index is 12.5. The SMILES string of the molecule is CC(=O)N(c1ccccc1)c1nc(COC(=O)CCN2C(=O)[C@H](C)Oc3ccccc32)cs1. The zero-order valence-electron chi connectivity index (χ0n) is 18.3. The van der Waals surface area contributed by atoms with Crippen LogP contribution in [0.5, 0.6) is 5.75 Å².